The van der Waals surface area contributed by atoms with E-state index in [0.717, 1.165) is 22.5 Å². The van der Waals surface area contributed by atoms with E-state index in [0.29, 0.717) is 36.1 Å². The number of carbonyl (C=O) groups is 1. The molecule has 1 amide bonds. The van der Waals surface area contributed by atoms with Crippen LogP contribution in [-0.2, 0) is 17.6 Å². The second kappa shape index (κ2) is 7.82. The zero-order chi connectivity index (χ0) is 20.5. The summed E-state index contributed by atoms with van der Waals surface area (Å²) in [5.41, 5.74) is 7.20. The highest BCUT2D eigenvalue weighted by Crippen LogP contribution is 2.26. The molecule has 0 atom stereocenters. The van der Waals surface area contributed by atoms with Crippen LogP contribution in [0.2, 0.25) is 0 Å². The molecule has 150 valence electrons. The number of hydrogen-bond donors (Lipinski definition) is 1. The van der Waals surface area contributed by atoms with Gasteiger partial charge in [-0.1, -0.05) is 0 Å². The van der Waals surface area contributed by atoms with Gasteiger partial charge >= 0.3 is 0 Å². The molecule has 3 heterocycles. The fraction of sp³-hybridized carbons (Fsp3) is 0.300. The quantitative estimate of drug-likeness (QED) is 0.692. The Bertz CT molecular complexity index is 1060. The van der Waals surface area contributed by atoms with E-state index in [1.807, 2.05) is 6.92 Å². The van der Waals surface area contributed by atoms with Gasteiger partial charge in [0.05, 0.1) is 23.5 Å². The maximum Gasteiger partial charge on any atom is 0.228 e. The van der Waals surface area contributed by atoms with Crippen molar-refractivity contribution in [1.82, 2.24) is 20.1 Å². The van der Waals surface area contributed by atoms with Crippen molar-refractivity contribution in [2.45, 2.75) is 19.8 Å². The largest absolute Gasteiger partial charge is 0.397 e. The van der Waals surface area contributed by atoms with Gasteiger partial charge in [0, 0.05) is 37.1 Å². The van der Waals surface area contributed by atoms with Crippen LogP contribution in [0.15, 0.2) is 30.3 Å². The van der Waals surface area contributed by atoms with Gasteiger partial charge in [-0.2, -0.15) is 0 Å². The molecule has 1 aromatic carbocycles. The van der Waals surface area contributed by atoms with Crippen molar-refractivity contribution < 1.29 is 13.6 Å². The molecule has 1 saturated heterocycles. The van der Waals surface area contributed by atoms with Gasteiger partial charge in [-0.25, -0.2) is 8.78 Å². The minimum absolute atomic E-state index is 0.0348. The highest BCUT2D eigenvalue weighted by Gasteiger charge is 2.31. The number of rotatable bonds is 5. The highest BCUT2D eigenvalue weighted by atomic mass is 32.1. The van der Waals surface area contributed by atoms with Crippen molar-refractivity contribution in [2.75, 3.05) is 18.8 Å². The number of pyridine rings is 1. The molecule has 3 aromatic rings. The molecule has 0 spiro atoms. The topological polar surface area (TPSA) is 85.0 Å². The van der Waals surface area contributed by atoms with Gasteiger partial charge in [0.15, 0.2) is 0 Å². The van der Waals surface area contributed by atoms with Gasteiger partial charge in [0.1, 0.15) is 21.6 Å². The lowest BCUT2D eigenvalue weighted by molar-refractivity contribution is -0.136. The predicted molar refractivity (Wildman–Crippen MR) is 106 cm³/mol. The van der Waals surface area contributed by atoms with Crippen LogP contribution in [0.25, 0.3) is 11.3 Å². The SMILES string of the molecule is Cc1nnc(CC2CN(C(=O)Cc3nc(-c4ccc(F)cc4F)ccc3N)C2)s1. The summed E-state index contributed by atoms with van der Waals surface area (Å²) >= 11 is 1.57. The molecule has 0 bridgehead atoms. The zero-order valence-corrected chi connectivity index (χ0v) is 16.5. The first-order valence-corrected chi connectivity index (χ1v) is 9.98. The first-order valence-electron chi connectivity index (χ1n) is 9.16. The van der Waals surface area contributed by atoms with E-state index in [1.54, 1.807) is 28.4 Å². The van der Waals surface area contributed by atoms with Gasteiger partial charge < -0.3 is 10.6 Å². The Kier molecular flexibility index (Phi) is 5.23. The summed E-state index contributed by atoms with van der Waals surface area (Å²) < 4.78 is 27.2. The Morgan fingerprint density at radius 3 is 2.72 bits per heavy atom. The van der Waals surface area contributed by atoms with E-state index >= 15 is 0 Å². The van der Waals surface area contributed by atoms with Gasteiger partial charge in [0.25, 0.3) is 0 Å². The molecule has 0 radical (unpaired) electrons. The Labute approximate surface area is 170 Å². The smallest absolute Gasteiger partial charge is 0.228 e. The van der Waals surface area contributed by atoms with Crippen LogP contribution in [0, 0.1) is 24.5 Å². The number of halogens is 2. The van der Waals surface area contributed by atoms with Gasteiger partial charge in [-0.05, 0) is 31.2 Å². The molecule has 29 heavy (non-hydrogen) atoms. The molecule has 9 heteroatoms. The first-order chi connectivity index (χ1) is 13.9. The van der Waals surface area contributed by atoms with Crippen molar-refractivity contribution in [3.8, 4) is 11.3 Å². The monoisotopic (exact) mass is 415 g/mol. The summed E-state index contributed by atoms with van der Waals surface area (Å²) in [4.78, 5) is 18.7. The molecule has 0 saturated carbocycles. The van der Waals surface area contributed by atoms with Crippen molar-refractivity contribution >= 4 is 22.9 Å². The minimum Gasteiger partial charge on any atom is -0.397 e. The summed E-state index contributed by atoms with van der Waals surface area (Å²) in [5, 5.41) is 10.1. The molecule has 2 aromatic heterocycles. The van der Waals surface area contributed by atoms with E-state index < -0.39 is 11.6 Å². The zero-order valence-electron chi connectivity index (χ0n) is 15.7. The number of anilines is 1. The third kappa shape index (κ3) is 4.24. The molecule has 1 aliphatic rings. The van der Waals surface area contributed by atoms with Crippen LogP contribution in [0.5, 0.6) is 0 Å². The van der Waals surface area contributed by atoms with E-state index in [-0.39, 0.29) is 17.9 Å². The summed E-state index contributed by atoms with van der Waals surface area (Å²) in [5.74, 6) is -1.08. The van der Waals surface area contributed by atoms with Crippen molar-refractivity contribution in [3.63, 3.8) is 0 Å². The molecular formula is C20H19F2N5OS. The van der Waals surface area contributed by atoms with Crippen LogP contribution >= 0.6 is 11.3 Å². The molecule has 0 unspecified atom stereocenters. The third-order valence-corrected chi connectivity index (χ3v) is 5.74. The summed E-state index contributed by atoms with van der Waals surface area (Å²) in [6.45, 7) is 3.23. The second-order valence-corrected chi connectivity index (χ2v) is 8.38. The molecular weight excluding hydrogens is 396 g/mol. The molecule has 4 rings (SSSR count). The number of hydrogen-bond acceptors (Lipinski definition) is 6. The average Bonchev–Trinajstić information content (AvgIpc) is 3.05. The normalized spacial score (nSPS) is 14.1. The average molecular weight is 415 g/mol. The Morgan fingerprint density at radius 2 is 2.03 bits per heavy atom. The van der Waals surface area contributed by atoms with E-state index in [2.05, 4.69) is 15.2 Å². The highest BCUT2D eigenvalue weighted by molar-refractivity contribution is 7.11. The summed E-state index contributed by atoms with van der Waals surface area (Å²) in [6, 6.07) is 6.44. The molecule has 0 aliphatic carbocycles. The Hall–Kier alpha value is -2.94. The van der Waals surface area contributed by atoms with E-state index in [9.17, 15) is 13.6 Å². The standard InChI is InChI=1S/C20H19F2N5OS/c1-11-25-26-19(29-11)6-12-9-27(10-12)20(28)8-18-16(23)4-5-17(24-18)14-3-2-13(21)7-15(14)22/h2-5,7,12H,6,8-10,23H2,1H3. The lowest BCUT2D eigenvalue weighted by Crippen LogP contribution is -2.51. The summed E-state index contributed by atoms with van der Waals surface area (Å²) in [6.07, 6.45) is 0.849. The number of nitrogens with two attached hydrogens (primary N) is 1. The Morgan fingerprint density at radius 1 is 1.24 bits per heavy atom. The van der Waals surface area contributed by atoms with Crippen LogP contribution in [0.3, 0.4) is 0 Å². The number of amides is 1. The fourth-order valence-corrected chi connectivity index (χ4v) is 4.15. The number of nitrogen functional groups attached to an aromatic ring is 1. The molecule has 1 aliphatic heterocycles. The van der Waals surface area contributed by atoms with Gasteiger partial charge in [-0.15, -0.1) is 21.5 Å². The number of aryl methyl sites for hydroxylation is 1. The molecule has 6 nitrogen and oxygen atoms in total. The van der Waals surface area contributed by atoms with Crippen molar-refractivity contribution in [1.29, 1.82) is 0 Å². The summed E-state index contributed by atoms with van der Waals surface area (Å²) in [7, 11) is 0. The van der Waals surface area contributed by atoms with E-state index in [1.165, 1.54) is 12.1 Å². The first kappa shape index (κ1) is 19.4. The van der Waals surface area contributed by atoms with Crippen LogP contribution in [0.4, 0.5) is 14.5 Å². The van der Waals surface area contributed by atoms with Crippen molar-refractivity contribution in [3.05, 3.63) is 57.7 Å². The second-order valence-electron chi connectivity index (χ2n) is 7.12. The van der Waals surface area contributed by atoms with Crippen LogP contribution < -0.4 is 5.73 Å². The van der Waals surface area contributed by atoms with Crippen LogP contribution in [0.1, 0.15) is 15.7 Å². The lowest BCUT2D eigenvalue weighted by atomic mass is 9.96. The van der Waals surface area contributed by atoms with Gasteiger partial charge in [-0.3, -0.25) is 9.78 Å². The van der Waals surface area contributed by atoms with Crippen molar-refractivity contribution in [2.24, 2.45) is 5.92 Å². The number of aromatic nitrogens is 3. The fourth-order valence-electron chi connectivity index (χ4n) is 3.33. The molecule has 2 N–H and O–H groups in total. The van der Waals surface area contributed by atoms with Crippen LogP contribution in [-0.4, -0.2) is 39.1 Å². The maximum atomic E-state index is 14.1. The maximum absolute atomic E-state index is 14.1. The van der Waals surface area contributed by atoms with Gasteiger partial charge in [0.2, 0.25) is 5.91 Å². The number of benzene rings is 1. The minimum atomic E-state index is -0.711. The predicted octanol–water partition coefficient (Wildman–Crippen LogP) is 3.01. The van der Waals surface area contributed by atoms with E-state index in [4.69, 9.17) is 5.73 Å². The number of carbonyl (C=O) groups excluding carboxylic acids is 1. The number of nitrogens with zero attached hydrogens (tertiary/aromatic N) is 4. The Balaban J connectivity index is 1.41. The number of likely N-dealkylation sites (tertiary alicyclic amines) is 1. The lowest BCUT2D eigenvalue weighted by Gasteiger charge is -2.39. The molecule has 1 fully saturated rings. The third-order valence-electron chi connectivity index (χ3n) is 4.88.